The third kappa shape index (κ3) is 4.16. The van der Waals surface area contributed by atoms with Crippen LogP contribution in [0.1, 0.15) is 28.6 Å². The highest BCUT2D eigenvalue weighted by Gasteiger charge is 2.23. The van der Waals surface area contributed by atoms with Gasteiger partial charge in [-0.1, -0.05) is 30.3 Å². The molecule has 5 nitrogen and oxygen atoms in total. The number of carbonyl (C=O) groups excluding carboxylic acids is 1. The molecule has 0 saturated carbocycles. The molecule has 6 heteroatoms. The lowest BCUT2D eigenvalue weighted by Gasteiger charge is -2.20. The normalized spacial score (nSPS) is 11.9. The molecule has 3 aromatic rings. The molecular weight excluding hydrogens is 345 g/mol. The van der Waals surface area contributed by atoms with Gasteiger partial charge in [0.25, 0.3) is 0 Å². The molecule has 0 unspecified atom stereocenters. The van der Waals surface area contributed by atoms with E-state index in [9.17, 15) is 9.18 Å². The van der Waals surface area contributed by atoms with Crippen molar-refractivity contribution >= 4 is 5.91 Å². The molecular formula is C21H22FN3O2. The van der Waals surface area contributed by atoms with Crippen LogP contribution in [0.2, 0.25) is 0 Å². The van der Waals surface area contributed by atoms with Crippen LogP contribution < -0.4 is 10.1 Å². The van der Waals surface area contributed by atoms with Crippen molar-refractivity contribution in [1.82, 2.24) is 14.9 Å². The van der Waals surface area contributed by atoms with Gasteiger partial charge in [0, 0.05) is 25.0 Å². The maximum atomic E-state index is 14.4. The number of hydrogen-bond donors (Lipinski definition) is 1. The summed E-state index contributed by atoms with van der Waals surface area (Å²) in [6, 6.07) is 11.4. The third-order valence-electron chi connectivity index (χ3n) is 4.48. The maximum absolute atomic E-state index is 14.4. The van der Waals surface area contributed by atoms with Gasteiger partial charge in [-0.25, -0.2) is 9.37 Å². The number of halogens is 1. The van der Waals surface area contributed by atoms with E-state index in [0.717, 1.165) is 16.9 Å². The second kappa shape index (κ2) is 8.03. The number of amides is 1. The Morgan fingerprint density at radius 1 is 1.30 bits per heavy atom. The van der Waals surface area contributed by atoms with Crippen LogP contribution in [0.25, 0.3) is 0 Å². The van der Waals surface area contributed by atoms with Crippen LogP contribution in [-0.2, 0) is 18.3 Å². The molecule has 0 bridgehead atoms. The Morgan fingerprint density at radius 3 is 2.74 bits per heavy atom. The number of nitrogens with one attached hydrogen (secondary N) is 1. The van der Waals surface area contributed by atoms with Crippen molar-refractivity contribution in [2.24, 2.45) is 7.05 Å². The van der Waals surface area contributed by atoms with Crippen LogP contribution in [0.3, 0.4) is 0 Å². The largest absolute Gasteiger partial charge is 0.496 e. The lowest BCUT2D eigenvalue weighted by atomic mass is 10.0. The SMILES string of the molecule is COc1cc(CC(=O)N[C@@H](c2ccccc2F)c2nccn2C)ccc1C. The van der Waals surface area contributed by atoms with Gasteiger partial charge in [0.15, 0.2) is 0 Å². The number of nitrogens with zero attached hydrogens (tertiary/aromatic N) is 2. The summed E-state index contributed by atoms with van der Waals surface area (Å²) in [5, 5.41) is 2.91. The van der Waals surface area contributed by atoms with Gasteiger partial charge in [0.1, 0.15) is 23.4 Å². The fraction of sp³-hybridized carbons (Fsp3) is 0.238. The Morgan fingerprint density at radius 2 is 2.07 bits per heavy atom. The summed E-state index contributed by atoms with van der Waals surface area (Å²) in [4.78, 5) is 17.0. The average molecular weight is 367 g/mol. The molecule has 1 amide bonds. The first kappa shape index (κ1) is 18.6. The molecule has 0 saturated heterocycles. The highest BCUT2D eigenvalue weighted by Crippen LogP contribution is 2.24. The predicted molar refractivity (Wildman–Crippen MR) is 101 cm³/mol. The molecule has 140 valence electrons. The van der Waals surface area contributed by atoms with E-state index in [0.29, 0.717) is 11.4 Å². The number of benzene rings is 2. The number of imidazole rings is 1. The lowest BCUT2D eigenvalue weighted by molar-refractivity contribution is -0.121. The Kier molecular flexibility index (Phi) is 5.54. The minimum atomic E-state index is -0.675. The van der Waals surface area contributed by atoms with Gasteiger partial charge in [-0.3, -0.25) is 4.79 Å². The summed E-state index contributed by atoms with van der Waals surface area (Å²) < 4.78 is 21.5. The van der Waals surface area contributed by atoms with Gasteiger partial charge in [0.05, 0.1) is 13.5 Å². The molecule has 0 spiro atoms. The Bertz CT molecular complexity index is 952. The summed E-state index contributed by atoms with van der Waals surface area (Å²) in [6.07, 6.45) is 3.55. The van der Waals surface area contributed by atoms with Gasteiger partial charge in [0.2, 0.25) is 5.91 Å². The minimum Gasteiger partial charge on any atom is -0.496 e. The summed E-state index contributed by atoms with van der Waals surface area (Å²) in [7, 11) is 3.41. The third-order valence-corrected chi connectivity index (χ3v) is 4.48. The molecule has 2 aromatic carbocycles. The number of aromatic nitrogens is 2. The predicted octanol–water partition coefficient (Wildman–Crippen LogP) is 3.32. The minimum absolute atomic E-state index is 0.159. The first-order chi connectivity index (χ1) is 13.0. The zero-order valence-electron chi connectivity index (χ0n) is 15.6. The van der Waals surface area contributed by atoms with E-state index in [1.807, 2.05) is 32.2 Å². The number of rotatable bonds is 6. The van der Waals surface area contributed by atoms with Crippen molar-refractivity contribution in [2.45, 2.75) is 19.4 Å². The summed E-state index contributed by atoms with van der Waals surface area (Å²) in [5.74, 6) is 0.685. The van der Waals surface area contributed by atoms with Gasteiger partial charge in [-0.05, 0) is 30.2 Å². The van der Waals surface area contributed by atoms with Crippen molar-refractivity contribution in [2.75, 3.05) is 7.11 Å². The smallest absolute Gasteiger partial charge is 0.225 e. The van der Waals surface area contributed by atoms with Gasteiger partial charge >= 0.3 is 0 Å². The number of aryl methyl sites for hydroxylation is 2. The van der Waals surface area contributed by atoms with Gasteiger partial charge < -0.3 is 14.6 Å². The van der Waals surface area contributed by atoms with Crippen LogP contribution >= 0.6 is 0 Å². The molecule has 1 heterocycles. The highest BCUT2D eigenvalue weighted by molar-refractivity contribution is 5.79. The zero-order chi connectivity index (χ0) is 19.4. The molecule has 0 radical (unpaired) electrons. The molecule has 0 aliphatic rings. The molecule has 27 heavy (non-hydrogen) atoms. The lowest BCUT2D eigenvalue weighted by Crippen LogP contribution is -2.32. The van der Waals surface area contributed by atoms with E-state index in [1.165, 1.54) is 6.07 Å². The van der Waals surface area contributed by atoms with E-state index in [2.05, 4.69) is 10.3 Å². The topological polar surface area (TPSA) is 56.1 Å². The number of hydrogen-bond acceptors (Lipinski definition) is 3. The van der Waals surface area contributed by atoms with Crippen LogP contribution in [0, 0.1) is 12.7 Å². The molecule has 0 fully saturated rings. The van der Waals surface area contributed by atoms with Crippen LogP contribution in [-0.4, -0.2) is 22.6 Å². The van der Waals surface area contributed by atoms with Gasteiger partial charge in [-0.2, -0.15) is 0 Å². The summed E-state index contributed by atoms with van der Waals surface area (Å²) in [5.41, 5.74) is 2.20. The Labute approximate surface area is 157 Å². The number of methoxy groups -OCH3 is 1. The van der Waals surface area contributed by atoms with E-state index in [1.54, 1.807) is 42.3 Å². The second-order valence-corrected chi connectivity index (χ2v) is 6.40. The monoisotopic (exact) mass is 367 g/mol. The second-order valence-electron chi connectivity index (χ2n) is 6.40. The molecule has 3 rings (SSSR count). The fourth-order valence-electron chi connectivity index (χ4n) is 3.02. The van der Waals surface area contributed by atoms with Crippen molar-refractivity contribution < 1.29 is 13.9 Å². The first-order valence-corrected chi connectivity index (χ1v) is 8.64. The number of carbonyl (C=O) groups is 1. The van der Waals surface area contributed by atoms with Crippen molar-refractivity contribution in [3.8, 4) is 5.75 Å². The Hall–Kier alpha value is -3.15. The summed E-state index contributed by atoms with van der Waals surface area (Å²) in [6.45, 7) is 1.94. The summed E-state index contributed by atoms with van der Waals surface area (Å²) >= 11 is 0. The average Bonchev–Trinajstić information content (AvgIpc) is 3.08. The quantitative estimate of drug-likeness (QED) is 0.727. The Balaban J connectivity index is 1.85. The van der Waals surface area contributed by atoms with E-state index in [4.69, 9.17) is 4.74 Å². The van der Waals surface area contributed by atoms with Crippen molar-refractivity contribution in [3.05, 3.63) is 83.2 Å². The van der Waals surface area contributed by atoms with Crippen LogP contribution in [0.5, 0.6) is 5.75 Å². The maximum Gasteiger partial charge on any atom is 0.225 e. The standard InChI is InChI=1S/C21H22FN3O2/c1-14-8-9-15(12-18(14)27-3)13-19(26)24-20(21-23-10-11-25(21)2)16-6-4-5-7-17(16)22/h4-12,20H,13H2,1-3H3,(H,24,26)/t20-/m0/s1. The van der Waals surface area contributed by atoms with E-state index in [-0.39, 0.29) is 18.1 Å². The highest BCUT2D eigenvalue weighted by atomic mass is 19.1. The van der Waals surface area contributed by atoms with Crippen molar-refractivity contribution in [1.29, 1.82) is 0 Å². The van der Waals surface area contributed by atoms with Gasteiger partial charge in [-0.15, -0.1) is 0 Å². The number of ether oxygens (including phenoxy) is 1. The van der Waals surface area contributed by atoms with E-state index < -0.39 is 6.04 Å². The van der Waals surface area contributed by atoms with Crippen molar-refractivity contribution in [3.63, 3.8) is 0 Å². The van der Waals surface area contributed by atoms with Crippen LogP contribution in [0.4, 0.5) is 4.39 Å². The molecule has 1 atom stereocenters. The molecule has 1 N–H and O–H groups in total. The van der Waals surface area contributed by atoms with E-state index >= 15 is 0 Å². The molecule has 0 aliphatic carbocycles. The zero-order valence-corrected chi connectivity index (χ0v) is 15.6. The first-order valence-electron chi connectivity index (χ1n) is 8.64. The molecule has 1 aromatic heterocycles. The fourth-order valence-corrected chi connectivity index (χ4v) is 3.02. The molecule has 0 aliphatic heterocycles. The van der Waals surface area contributed by atoms with Crippen LogP contribution in [0.15, 0.2) is 54.9 Å².